The van der Waals surface area contributed by atoms with Crippen LogP contribution in [0.1, 0.15) is 71.1 Å². The molecule has 6 nitrogen and oxygen atoms in total. The summed E-state index contributed by atoms with van der Waals surface area (Å²) in [6, 6.07) is 0. The van der Waals surface area contributed by atoms with Gasteiger partial charge in [0, 0.05) is 6.42 Å². The van der Waals surface area contributed by atoms with E-state index in [1.54, 1.807) is 0 Å². The van der Waals surface area contributed by atoms with Crippen LogP contribution in [0, 0.1) is 0 Å². The van der Waals surface area contributed by atoms with Gasteiger partial charge in [-0.25, -0.2) is 0 Å². The van der Waals surface area contributed by atoms with Crippen molar-refractivity contribution in [2.24, 2.45) is 0 Å². The Bertz CT molecular complexity index is 407. The number of hydrogen-bond donors (Lipinski definition) is 4. The quantitative estimate of drug-likeness (QED) is 0.174. The predicted molar refractivity (Wildman–Crippen MR) is 106 cm³/mol. The standard InChI is InChI=1S/C21H38O6/c1-2-19(24)20(25)14-12-10-8-6-4-3-5-7-9-11-13-15-21(26)27-17-18(23)16-22/h4,6,10,12,18-20,22-25H,2-3,5,7-9,11,13-17H2,1H3/t18-,19+,20-/m1/s1. The maximum atomic E-state index is 11.4. The van der Waals surface area contributed by atoms with Gasteiger partial charge in [0.2, 0.25) is 0 Å². The highest BCUT2D eigenvalue weighted by Gasteiger charge is 2.11. The minimum absolute atomic E-state index is 0.141. The lowest BCUT2D eigenvalue weighted by molar-refractivity contribution is -0.147. The van der Waals surface area contributed by atoms with Gasteiger partial charge in [-0.15, -0.1) is 0 Å². The minimum atomic E-state index is -0.988. The summed E-state index contributed by atoms with van der Waals surface area (Å²) < 4.78 is 4.84. The van der Waals surface area contributed by atoms with Crippen molar-refractivity contribution in [3.63, 3.8) is 0 Å². The van der Waals surface area contributed by atoms with Crippen LogP contribution in [-0.4, -0.2) is 57.9 Å². The second-order valence-corrected chi connectivity index (χ2v) is 6.78. The molecule has 0 fully saturated rings. The number of aliphatic hydroxyl groups excluding tert-OH is 4. The number of carbonyl (C=O) groups is 1. The fraction of sp³-hybridized carbons (Fsp3) is 0.762. The molecule has 0 aliphatic heterocycles. The molecule has 0 saturated heterocycles. The van der Waals surface area contributed by atoms with Crippen molar-refractivity contribution in [3.8, 4) is 0 Å². The average Bonchev–Trinajstić information content (AvgIpc) is 2.68. The lowest BCUT2D eigenvalue weighted by Crippen LogP contribution is -2.23. The van der Waals surface area contributed by atoms with Crippen LogP contribution >= 0.6 is 0 Å². The molecule has 0 aromatic carbocycles. The third-order valence-corrected chi connectivity index (χ3v) is 4.24. The molecule has 0 radical (unpaired) electrons. The lowest BCUT2D eigenvalue weighted by atomic mass is 10.1. The second-order valence-electron chi connectivity index (χ2n) is 6.78. The maximum Gasteiger partial charge on any atom is 0.305 e. The second kappa shape index (κ2) is 18.2. The summed E-state index contributed by atoms with van der Waals surface area (Å²) in [6.45, 7) is 1.31. The number of aliphatic hydroxyl groups is 4. The minimum Gasteiger partial charge on any atom is -0.463 e. The van der Waals surface area contributed by atoms with Gasteiger partial charge in [-0.2, -0.15) is 0 Å². The largest absolute Gasteiger partial charge is 0.463 e. The number of rotatable bonds is 17. The van der Waals surface area contributed by atoms with Crippen LogP contribution in [0.3, 0.4) is 0 Å². The van der Waals surface area contributed by atoms with Gasteiger partial charge in [-0.3, -0.25) is 4.79 Å². The first-order chi connectivity index (χ1) is 13.0. The van der Waals surface area contributed by atoms with Gasteiger partial charge in [-0.1, -0.05) is 50.5 Å². The number of esters is 1. The fourth-order valence-corrected chi connectivity index (χ4v) is 2.43. The van der Waals surface area contributed by atoms with Crippen LogP contribution < -0.4 is 0 Å². The van der Waals surface area contributed by atoms with E-state index in [0.29, 0.717) is 19.3 Å². The Morgan fingerprint density at radius 1 is 0.926 bits per heavy atom. The van der Waals surface area contributed by atoms with Gasteiger partial charge >= 0.3 is 5.97 Å². The summed E-state index contributed by atoms with van der Waals surface area (Å²) in [4.78, 5) is 11.4. The summed E-state index contributed by atoms with van der Waals surface area (Å²) in [6.07, 6.45) is 14.2. The molecule has 0 aliphatic carbocycles. The molecule has 0 rings (SSSR count). The van der Waals surface area contributed by atoms with Gasteiger partial charge in [-0.05, 0) is 38.5 Å². The molecule has 0 heterocycles. The Kier molecular flexibility index (Phi) is 17.4. The zero-order chi connectivity index (χ0) is 20.3. The van der Waals surface area contributed by atoms with E-state index in [9.17, 15) is 15.0 Å². The van der Waals surface area contributed by atoms with Crippen molar-refractivity contribution in [2.75, 3.05) is 13.2 Å². The Labute approximate surface area is 163 Å². The molecule has 3 atom stereocenters. The molecule has 0 aromatic rings. The Morgan fingerprint density at radius 3 is 2.30 bits per heavy atom. The van der Waals surface area contributed by atoms with Gasteiger partial charge in [0.1, 0.15) is 12.7 Å². The average molecular weight is 387 g/mol. The van der Waals surface area contributed by atoms with E-state index < -0.39 is 24.9 Å². The van der Waals surface area contributed by atoms with Crippen molar-refractivity contribution < 1.29 is 30.0 Å². The van der Waals surface area contributed by atoms with Crippen LogP contribution in [-0.2, 0) is 9.53 Å². The highest BCUT2D eigenvalue weighted by atomic mass is 16.5. The molecular weight excluding hydrogens is 348 g/mol. The third kappa shape index (κ3) is 16.7. The molecular formula is C21H38O6. The summed E-state index contributed by atoms with van der Waals surface area (Å²) in [5, 5.41) is 36.7. The number of carbonyl (C=O) groups excluding carboxylic acids is 1. The molecule has 158 valence electrons. The SMILES string of the molecule is CC[C@H](O)[C@H](O)CC=CCC=CCCCCCCCC(=O)OC[C@H](O)CO. The van der Waals surface area contributed by atoms with Crippen molar-refractivity contribution >= 4 is 5.97 Å². The van der Waals surface area contributed by atoms with Crippen LogP contribution in [0.25, 0.3) is 0 Å². The highest BCUT2D eigenvalue weighted by Crippen LogP contribution is 2.09. The molecule has 27 heavy (non-hydrogen) atoms. The Hall–Kier alpha value is -1.21. The van der Waals surface area contributed by atoms with Gasteiger partial charge in [0.05, 0.1) is 18.8 Å². The van der Waals surface area contributed by atoms with E-state index in [1.165, 1.54) is 0 Å². The zero-order valence-corrected chi connectivity index (χ0v) is 16.6. The first-order valence-corrected chi connectivity index (χ1v) is 10.1. The van der Waals surface area contributed by atoms with E-state index >= 15 is 0 Å². The Balaban J connectivity index is 3.44. The van der Waals surface area contributed by atoms with Gasteiger partial charge < -0.3 is 25.2 Å². The number of allylic oxidation sites excluding steroid dienone is 3. The van der Waals surface area contributed by atoms with E-state index in [1.807, 2.05) is 19.1 Å². The molecule has 0 amide bonds. The van der Waals surface area contributed by atoms with Crippen molar-refractivity contribution in [1.82, 2.24) is 0 Å². The first kappa shape index (κ1) is 25.8. The molecule has 6 heteroatoms. The van der Waals surface area contributed by atoms with Crippen LogP contribution in [0.2, 0.25) is 0 Å². The zero-order valence-electron chi connectivity index (χ0n) is 16.6. The normalized spacial score (nSPS) is 15.3. The third-order valence-electron chi connectivity index (χ3n) is 4.24. The molecule has 0 saturated carbocycles. The number of unbranched alkanes of at least 4 members (excludes halogenated alkanes) is 5. The topological polar surface area (TPSA) is 107 Å². The summed E-state index contributed by atoms with van der Waals surface area (Å²) in [5.41, 5.74) is 0. The number of hydrogen-bond acceptors (Lipinski definition) is 6. The molecule has 0 bridgehead atoms. The maximum absolute atomic E-state index is 11.4. The van der Waals surface area contributed by atoms with E-state index in [2.05, 4.69) is 12.2 Å². The first-order valence-electron chi connectivity index (χ1n) is 10.1. The summed E-state index contributed by atoms with van der Waals surface area (Å²) in [7, 11) is 0. The molecule has 0 aromatic heterocycles. The highest BCUT2D eigenvalue weighted by molar-refractivity contribution is 5.69. The van der Waals surface area contributed by atoms with E-state index in [0.717, 1.165) is 44.9 Å². The fourth-order valence-electron chi connectivity index (χ4n) is 2.43. The lowest BCUT2D eigenvalue weighted by Gasteiger charge is -2.13. The van der Waals surface area contributed by atoms with Crippen LogP contribution in [0.4, 0.5) is 0 Å². The van der Waals surface area contributed by atoms with Crippen LogP contribution in [0.15, 0.2) is 24.3 Å². The molecule has 0 unspecified atom stereocenters. The van der Waals surface area contributed by atoms with Crippen LogP contribution in [0.5, 0.6) is 0 Å². The smallest absolute Gasteiger partial charge is 0.305 e. The van der Waals surface area contributed by atoms with Crippen molar-refractivity contribution in [2.45, 2.75) is 89.4 Å². The predicted octanol–water partition coefficient (Wildman–Crippen LogP) is 2.64. The van der Waals surface area contributed by atoms with E-state index in [-0.39, 0.29) is 12.6 Å². The molecule has 4 N–H and O–H groups in total. The summed E-state index contributed by atoms with van der Waals surface area (Å²) in [5.74, 6) is -0.324. The molecule has 0 aliphatic rings. The van der Waals surface area contributed by atoms with Crippen molar-refractivity contribution in [3.05, 3.63) is 24.3 Å². The van der Waals surface area contributed by atoms with E-state index in [4.69, 9.17) is 14.9 Å². The monoisotopic (exact) mass is 386 g/mol. The van der Waals surface area contributed by atoms with Gasteiger partial charge in [0.25, 0.3) is 0 Å². The van der Waals surface area contributed by atoms with Crippen molar-refractivity contribution in [1.29, 1.82) is 0 Å². The van der Waals surface area contributed by atoms with Gasteiger partial charge in [0.15, 0.2) is 0 Å². The Morgan fingerprint density at radius 2 is 1.59 bits per heavy atom. The number of ether oxygens (including phenoxy) is 1. The summed E-state index contributed by atoms with van der Waals surface area (Å²) >= 11 is 0. The molecule has 0 spiro atoms.